The van der Waals surface area contributed by atoms with E-state index in [1.54, 1.807) is 0 Å². The summed E-state index contributed by atoms with van der Waals surface area (Å²) in [5, 5.41) is 3.60. The molecule has 0 spiro atoms. The summed E-state index contributed by atoms with van der Waals surface area (Å²) in [5.41, 5.74) is -0.285. The number of anilines is 1. The Morgan fingerprint density at radius 3 is 2.72 bits per heavy atom. The molecule has 0 radical (unpaired) electrons. The summed E-state index contributed by atoms with van der Waals surface area (Å²) in [6.07, 6.45) is -3.34. The van der Waals surface area contributed by atoms with Crippen LogP contribution in [0.1, 0.15) is 12.0 Å². The molecule has 1 aliphatic rings. The predicted molar refractivity (Wildman–Crippen MR) is 72.1 cm³/mol. The lowest BCUT2D eigenvalue weighted by molar-refractivity contribution is -0.137. The van der Waals surface area contributed by atoms with Crippen molar-refractivity contribution < 1.29 is 13.2 Å². The Labute approximate surface area is 115 Å². The number of nitrogens with zero attached hydrogens (tertiary/aromatic N) is 1. The van der Waals surface area contributed by atoms with E-state index in [1.165, 1.54) is 17.8 Å². The first kappa shape index (κ1) is 13.7. The van der Waals surface area contributed by atoms with Crippen molar-refractivity contribution in [3.05, 3.63) is 28.2 Å². The van der Waals surface area contributed by atoms with Gasteiger partial charge in [0.05, 0.1) is 11.3 Å². The van der Waals surface area contributed by atoms with E-state index in [0.29, 0.717) is 21.9 Å². The molecular weight excluding hydrogens is 329 g/mol. The molecule has 1 N–H and O–H groups in total. The molecule has 0 unspecified atom stereocenters. The second-order valence-corrected chi connectivity index (χ2v) is 5.64. The summed E-state index contributed by atoms with van der Waals surface area (Å²) >= 11 is 4.75. The van der Waals surface area contributed by atoms with Crippen molar-refractivity contribution >= 4 is 38.5 Å². The topological polar surface area (TPSA) is 24.4 Å². The molecule has 2 rings (SSSR count). The van der Waals surface area contributed by atoms with Gasteiger partial charge in [0.25, 0.3) is 0 Å². The van der Waals surface area contributed by atoms with Crippen molar-refractivity contribution in [1.82, 2.24) is 0 Å². The molecule has 2 nitrogen and oxygen atoms in total. The first-order valence-corrected chi connectivity index (χ1v) is 7.06. The van der Waals surface area contributed by atoms with Crippen molar-refractivity contribution in [1.29, 1.82) is 0 Å². The number of aliphatic imine (C=N–C) groups is 1. The van der Waals surface area contributed by atoms with Crippen LogP contribution >= 0.6 is 27.7 Å². The Morgan fingerprint density at radius 2 is 2.11 bits per heavy atom. The fourth-order valence-electron chi connectivity index (χ4n) is 1.45. The van der Waals surface area contributed by atoms with Crippen LogP contribution in [-0.4, -0.2) is 17.5 Å². The molecule has 0 amide bonds. The summed E-state index contributed by atoms with van der Waals surface area (Å²) in [6.45, 7) is 0.714. The number of thioether (sulfide) groups is 1. The van der Waals surface area contributed by atoms with Gasteiger partial charge in [0.2, 0.25) is 0 Å². The van der Waals surface area contributed by atoms with Gasteiger partial charge in [-0.2, -0.15) is 13.2 Å². The van der Waals surface area contributed by atoms with Crippen LogP contribution in [0.5, 0.6) is 0 Å². The smallest absolute Gasteiger partial charge is 0.334 e. The highest BCUT2D eigenvalue weighted by atomic mass is 79.9. The Bertz CT molecular complexity index is 474. The zero-order valence-electron chi connectivity index (χ0n) is 9.22. The molecule has 1 heterocycles. The van der Waals surface area contributed by atoms with Crippen molar-refractivity contribution in [2.75, 3.05) is 17.6 Å². The van der Waals surface area contributed by atoms with Gasteiger partial charge in [0.15, 0.2) is 5.17 Å². The number of hydrogen-bond donors (Lipinski definition) is 1. The van der Waals surface area contributed by atoms with E-state index in [1.807, 2.05) is 0 Å². The highest BCUT2D eigenvalue weighted by molar-refractivity contribution is 9.10. The zero-order valence-corrected chi connectivity index (χ0v) is 11.6. The Morgan fingerprint density at radius 1 is 1.33 bits per heavy atom. The molecule has 0 saturated heterocycles. The fourth-order valence-corrected chi connectivity index (χ4v) is 2.63. The second-order valence-electron chi connectivity index (χ2n) is 3.71. The maximum atomic E-state index is 12.6. The average molecular weight is 339 g/mol. The zero-order chi connectivity index (χ0) is 13.2. The van der Waals surface area contributed by atoms with Crippen LogP contribution < -0.4 is 5.32 Å². The Kier molecular flexibility index (Phi) is 4.21. The third-order valence-electron chi connectivity index (χ3n) is 2.33. The molecule has 7 heteroatoms. The summed E-state index contributed by atoms with van der Waals surface area (Å²) in [6, 6.07) is 3.52. The van der Waals surface area contributed by atoms with Crippen molar-refractivity contribution in [3.63, 3.8) is 0 Å². The molecule has 1 aromatic rings. The predicted octanol–water partition coefficient (Wildman–Crippen LogP) is 4.37. The summed E-state index contributed by atoms with van der Waals surface area (Å²) in [4.78, 5) is 4.22. The van der Waals surface area contributed by atoms with Crippen LogP contribution in [0.2, 0.25) is 0 Å². The van der Waals surface area contributed by atoms with Crippen molar-refractivity contribution in [2.24, 2.45) is 4.99 Å². The average Bonchev–Trinajstić information content (AvgIpc) is 2.32. The highest BCUT2D eigenvalue weighted by Gasteiger charge is 2.31. The molecule has 0 saturated carbocycles. The molecule has 0 aliphatic carbocycles. The molecule has 0 fully saturated rings. The van der Waals surface area contributed by atoms with Crippen LogP contribution in [-0.2, 0) is 6.18 Å². The molecule has 18 heavy (non-hydrogen) atoms. The van der Waals surface area contributed by atoms with Gasteiger partial charge in [-0.1, -0.05) is 11.8 Å². The molecule has 0 atom stereocenters. The van der Waals surface area contributed by atoms with E-state index in [-0.39, 0.29) is 0 Å². The standard InChI is InChI=1S/C11H10BrF3N2S/c12-8-3-2-7(11(13,14)15)6-9(8)17-10-16-4-1-5-18-10/h2-3,6H,1,4-5H2,(H,16,17). The van der Waals surface area contributed by atoms with E-state index in [0.717, 1.165) is 24.3 Å². The van der Waals surface area contributed by atoms with Crippen LogP contribution in [0.15, 0.2) is 27.7 Å². The fraction of sp³-hybridized carbons (Fsp3) is 0.364. The number of nitrogens with one attached hydrogen (secondary N) is 1. The minimum atomic E-state index is -4.33. The van der Waals surface area contributed by atoms with Gasteiger partial charge < -0.3 is 5.32 Å². The van der Waals surface area contributed by atoms with Gasteiger partial charge in [-0.3, -0.25) is 4.99 Å². The maximum absolute atomic E-state index is 12.6. The minimum absolute atomic E-state index is 0.387. The first-order valence-electron chi connectivity index (χ1n) is 5.28. The van der Waals surface area contributed by atoms with E-state index >= 15 is 0 Å². The van der Waals surface area contributed by atoms with E-state index in [4.69, 9.17) is 0 Å². The van der Waals surface area contributed by atoms with Crippen LogP contribution in [0.3, 0.4) is 0 Å². The minimum Gasteiger partial charge on any atom is -0.334 e. The maximum Gasteiger partial charge on any atom is 0.416 e. The van der Waals surface area contributed by atoms with Crippen LogP contribution in [0.4, 0.5) is 18.9 Å². The van der Waals surface area contributed by atoms with Gasteiger partial charge in [-0.15, -0.1) is 0 Å². The van der Waals surface area contributed by atoms with E-state index in [2.05, 4.69) is 26.2 Å². The number of benzene rings is 1. The largest absolute Gasteiger partial charge is 0.416 e. The number of halogens is 4. The number of rotatable bonds is 1. The Balaban J connectivity index is 2.24. The van der Waals surface area contributed by atoms with Gasteiger partial charge >= 0.3 is 6.18 Å². The summed E-state index contributed by atoms with van der Waals surface area (Å²) < 4.78 is 38.4. The molecule has 0 bridgehead atoms. The normalized spacial score (nSPS) is 16.3. The van der Waals surface area contributed by atoms with Gasteiger partial charge in [0, 0.05) is 16.8 Å². The molecular formula is C11H10BrF3N2S. The summed E-state index contributed by atoms with van der Waals surface area (Å²) in [7, 11) is 0. The number of amidine groups is 1. The van der Waals surface area contributed by atoms with Crippen LogP contribution in [0, 0.1) is 0 Å². The van der Waals surface area contributed by atoms with Crippen molar-refractivity contribution in [3.8, 4) is 0 Å². The first-order chi connectivity index (χ1) is 8.47. The third kappa shape index (κ3) is 3.41. The third-order valence-corrected chi connectivity index (χ3v) is 4.02. The van der Waals surface area contributed by atoms with Crippen molar-refractivity contribution in [2.45, 2.75) is 12.6 Å². The van der Waals surface area contributed by atoms with Gasteiger partial charge in [-0.25, -0.2) is 0 Å². The molecule has 0 aromatic heterocycles. The lowest BCUT2D eigenvalue weighted by Gasteiger charge is -2.16. The number of alkyl halides is 3. The highest BCUT2D eigenvalue weighted by Crippen LogP contribution is 2.34. The van der Waals surface area contributed by atoms with Gasteiger partial charge in [0.1, 0.15) is 0 Å². The molecule has 1 aliphatic heterocycles. The molecule has 1 aromatic carbocycles. The lowest BCUT2D eigenvalue weighted by Crippen LogP contribution is -2.14. The second kappa shape index (κ2) is 5.52. The van der Waals surface area contributed by atoms with Gasteiger partial charge in [-0.05, 0) is 40.5 Å². The quantitative estimate of drug-likeness (QED) is 0.822. The number of hydrogen-bond acceptors (Lipinski definition) is 3. The summed E-state index contributed by atoms with van der Waals surface area (Å²) in [5.74, 6) is 0.933. The van der Waals surface area contributed by atoms with E-state index in [9.17, 15) is 13.2 Å². The monoisotopic (exact) mass is 338 g/mol. The lowest BCUT2D eigenvalue weighted by atomic mass is 10.2. The van der Waals surface area contributed by atoms with E-state index < -0.39 is 11.7 Å². The molecule has 98 valence electrons. The Hall–Kier alpha value is -0.690. The SMILES string of the molecule is FC(F)(F)c1ccc(Br)c(NC2=NCCCS2)c1. The van der Waals surface area contributed by atoms with Crippen LogP contribution in [0.25, 0.3) is 0 Å².